The number of amides is 1. The molecule has 0 aromatic heterocycles. The van der Waals surface area contributed by atoms with Crippen LogP contribution in [0.1, 0.15) is 24.8 Å². The summed E-state index contributed by atoms with van der Waals surface area (Å²) in [5, 5.41) is 11.9. The Bertz CT molecular complexity index is 697. The van der Waals surface area contributed by atoms with Crippen LogP contribution in [0.5, 0.6) is 0 Å². The van der Waals surface area contributed by atoms with Crippen LogP contribution < -0.4 is 5.32 Å². The van der Waals surface area contributed by atoms with Gasteiger partial charge in [0.1, 0.15) is 6.04 Å². The summed E-state index contributed by atoms with van der Waals surface area (Å²) in [6.07, 6.45) is 2.84. The second kappa shape index (κ2) is 8.44. The Balaban J connectivity index is 1.87. The minimum Gasteiger partial charge on any atom is -0.480 e. The fourth-order valence-electron chi connectivity index (χ4n) is 2.95. The van der Waals surface area contributed by atoms with Crippen LogP contribution in [0.25, 0.3) is 0 Å². The number of carboxylic acids is 1. The third kappa shape index (κ3) is 5.82. The van der Waals surface area contributed by atoms with E-state index in [2.05, 4.69) is 5.32 Å². The summed E-state index contributed by atoms with van der Waals surface area (Å²) in [5.74, 6) is -1.72. The highest BCUT2D eigenvalue weighted by Gasteiger charge is 2.31. The topological polar surface area (TPSA) is 104 Å². The van der Waals surface area contributed by atoms with Gasteiger partial charge in [0.25, 0.3) is 0 Å². The summed E-state index contributed by atoms with van der Waals surface area (Å²) in [6.45, 7) is 0.581. The molecule has 1 atom stereocenters. The molecule has 8 heteroatoms. The maximum atomic E-state index is 12.3. The molecule has 0 saturated carbocycles. The number of nitrogens with zero attached hydrogens (tertiary/aromatic N) is 1. The minimum atomic E-state index is -3.24. The molecule has 0 radical (unpaired) electrons. The Morgan fingerprint density at radius 1 is 1.24 bits per heavy atom. The second-order valence-corrected chi connectivity index (χ2v) is 8.34. The zero-order valence-electron chi connectivity index (χ0n) is 14.2. The maximum absolute atomic E-state index is 12.3. The molecule has 1 aliphatic heterocycles. The Labute approximate surface area is 148 Å². The molecule has 1 heterocycles. The van der Waals surface area contributed by atoms with Gasteiger partial charge < -0.3 is 10.4 Å². The molecule has 1 saturated heterocycles. The average molecular weight is 368 g/mol. The van der Waals surface area contributed by atoms with Gasteiger partial charge in [-0.1, -0.05) is 30.3 Å². The highest BCUT2D eigenvalue weighted by atomic mass is 32.2. The van der Waals surface area contributed by atoms with Crippen molar-refractivity contribution in [2.24, 2.45) is 5.92 Å². The quantitative estimate of drug-likeness (QED) is 0.743. The Morgan fingerprint density at radius 2 is 1.84 bits per heavy atom. The monoisotopic (exact) mass is 368 g/mol. The lowest BCUT2D eigenvalue weighted by Gasteiger charge is -2.30. The van der Waals surface area contributed by atoms with Crippen molar-refractivity contribution in [3.63, 3.8) is 0 Å². The van der Waals surface area contributed by atoms with E-state index in [4.69, 9.17) is 0 Å². The fourth-order valence-corrected chi connectivity index (χ4v) is 3.83. The van der Waals surface area contributed by atoms with Gasteiger partial charge in [-0.2, -0.15) is 0 Å². The SMILES string of the molecule is CS(=O)(=O)N1CCC(C(=O)NC(CCc2ccccc2)C(=O)O)CC1. The Kier molecular flexibility index (Phi) is 6.55. The first-order valence-corrected chi connectivity index (χ1v) is 10.1. The number of rotatable bonds is 7. The Morgan fingerprint density at radius 3 is 2.36 bits per heavy atom. The van der Waals surface area contributed by atoms with Gasteiger partial charge in [0, 0.05) is 19.0 Å². The number of sulfonamides is 1. The molecule has 138 valence electrons. The lowest BCUT2D eigenvalue weighted by Crippen LogP contribution is -2.47. The van der Waals surface area contributed by atoms with Crippen molar-refractivity contribution < 1.29 is 23.1 Å². The fraction of sp³-hybridized carbons (Fsp3) is 0.529. The normalized spacial score (nSPS) is 17.8. The number of carbonyl (C=O) groups is 2. The molecular formula is C17H24N2O5S. The van der Waals surface area contributed by atoms with E-state index in [1.807, 2.05) is 30.3 Å². The zero-order valence-corrected chi connectivity index (χ0v) is 15.0. The van der Waals surface area contributed by atoms with Crippen molar-refractivity contribution in [1.29, 1.82) is 0 Å². The number of piperidine rings is 1. The zero-order chi connectivity index (χ0) is 18.4. The van der Waals surface area contributed by atoms with E-state index >= 15 is 0 Å². The predicted octanol–water partition coefficient (Wildman–Crippen LogP) is 0.860. The van der Waals surface area contributed by atoms with Crippen molar-refractivity contribution in [1.82, 2.24) is 9.62 Å². The molecule has 1 unspecified atom stereocenters. The van der Waals surface area contributed by atoms with Crippen LogP contribution in [0.4, 0.5) is 0 Å². The van der Waals surface area contributed by atoms with E-state index in [1.165, 1.54) is 4.31 Å². The molecule has 0 bridgehead atoms. The highest BCUT2D eigenvalue weighted by molar-refractivity contribution is 7.88. The molecule has 2 rings (SSSR count). The number of benzene rings is 1. The molecule has 1 amide bonds. The van der Waals surface area contributed by atoms with Crippen LogP contribution >= 0.6 is 0 Å². The summed E-state index contributed by atoms with van der Waals surface area (Å²) in [7, 11) is -3.24. The van der Waals surface area contributed by atoms with Gasteiger partial charge in [-0.15, -0.1) is 0 Å². The standard InChI is InChI=1S/C17H24N2O5S/c1-25(23,24)19-11-9-14(10-12-19)16(20)18-15(17(21)22)8-7-13-5-3-2-4-6-13/h2-6,14-15H,7-12H2,1H3,(H,18,20)(H,21,22). The van der Waals surface area contributed by atoms with E-state index in [-0.39, 0.29) is 11.8 Å². The third-order valence-electron chi connectivity index (χ3n) is 4.47. The molecular weight excluding hydrogens is 344 g/mol. The number of aliphatic carboxylic acids is 1. The van der Waals surface area contributed by atoms with Crippen molar-refractivity contribution in [3.05, 3.63) is 35.9 Å². The molecule has 1 aromatic rings. The van der Waals surface area contributed by atoms with E-state index in [1.54, 1.807) is 0 Å². The van der Waals surface area contributed by atoms with Gasteiger partial charge in [0.15, 0.2) is 0 Å². The van der Waals surface area contributed by atoms with Crippen LogP contribution in [-0.4, -0.2) is 55.1 Å². The molecule has 2 N–H and O–H groups in total. The average Bonchev–Trinajstić information content (AvgIpc) is 2.58. The summed E-state index contributed by atoms with van der Waals surface area (Å²) >= 11 is 0. The van der Waals surface area contributed by atoms with Crippen molar-refractivity contribution in [2.45, 2.75) is 31.7 Å². The van der Waals surface area contributed by atoms with Crippen molar-refractivity contribution in [3.8, 4) is 0 Å². The van der Waals surface area contributed by atoms with Gasteiger partial charge in [0.2, 0.25) is 15.9 Å². The van der Waals surface area contributed by atoms with Crippen LogP contribution in [0, 0.1) is 5.92 Å². The smallest absolute Gasteiger partial charge is 0.326 e. The van der Waals surface area contributed by atoms with Gasteiger partial charge in [-0.05, 0) is 31.2 Å². The number of aryl methyl sites for hydroxylation is 1. The number of hydrogen-bond acceptors (Lipinski definition) is 4. The third-order valence-corrected chi connectivity index (χ3v) is 5.78. The van der Waals surface area contributed by atoms with Gasteiger partial charge >= 0.3 is 5.97 Å². The highest BCUT2D eigenvalue weighted by Crippen LogP contribution is 2.19. The lowest BCUT2D eigenvalue weighted by atomic mass is 9.96. The van der Waals surface area contributed by atoms with Crippen molar-refractivity contribution in [2.75, 3.05) is 19.3 Å². The summed E-state index contributed by atoms with van der Waals surface area (Å²) in [5.41, 5.74) is 1.02. The van der Waals surface area contributed by atoms with Crippen LogP contribution in [0.15, 0.2) is 30.3 Å². The van der Waals surface area contributed by atoms with E-state index < -0.39 is 22.0 Å². The number of hydrogen-bond donors (Lipinski definition) is 2. The van der Waals surface area contributed by atoms with E-state index in [0.29, 0.717) is 38.8 Å². The molecule has 1 aromatic carbocycles. The summed E-state index contributed by atoms with van der Waals surface area (Å²) in [4.78, 5) is 23.8. The number of carboxylic acid groups (broad SMARTS) is 1. The van der Waals surface area contributed by atoms with Crippen LogP contribution in [0.3, 0.4) is 0 Å². The Hall–Kier alpha value is -1.93. The molecule has 1 aliphatic rings. The first-order valence-electron chi connectivity index (χ1n) is 8.29. The van der Waals surface area contributed by atoms with E-state index in [9.17, 15) is 23.1 Å². The number of carbonyl (C=O) groups excluding carboxylic acids is 1. The minimum absolute atomic E-state index is 0.290. The lowest BCUT2D eigenvalue weighted by molar-refractivity contribution is -0.142. The number of nitrogens with one attached hydrogen (secondary N) is 1. The second-order valence-electron chi connectivity index (χ2n) is 6.36. The van der Waals surface area contributed by atoms with Crippen LogP contribution in [0.2, 0.25) is 0 Å². The largest absolute Gasteiger partial charge is 0.480 e. The van der Waals surface area contributed by atoms with E-state index in [0.717, 1.165) is 11.8 Å². The summed E-state index contributed by atoms with van der Waals surface area (Å²) < 4.78 is 24.3. The van der Waals surface area contributed by atoms with Gasteiger partial charge in [-0.25, -0.2) is 17.5 Å². The van der Waals surface area contributed by atoms with Gasteiger partial charge in [0.05, 0.1) is 6.26 Å². The molecule has 7 nitrogen and oxygen atoms in total. The summed E-state index contributed by atoms with van der Waals surface area (Å²) in [6, 6.07) is 8.56. The molecule has 25 heavy (non-hydrogen) atoms. The first-order chi connectivity index (χ1) is 11.8. The molecule has 0 aliphatic carbocycles. The van der Waals surface area contributed by atoms with Crippen molar-refractivity contribution >= 4 is 21.9 Å². The van der Waals surface area contributed by atoms with Crippen LogP contribution in [-0.2, 0) is 26.0 Å². The molecule has 1 fully saturated rings. The first kappa shape index (κ1) is 19.4. The van der Waals surface area contributed by atoms with Gasteiger partial charge in [-0.3, -0.25) is 4.79 Å². The predicted molar refractivity (Wildman–Crippen MR) is 93.5 cm³/mol. The maximum Gasteiger partial charge on any atom is 0.326 e. The molecule has 0 spiro atoms.